The van der Waals surface area contributed by atoms with Gasteiger partial charge < -0.3 is 9.74 Å². The average molecular weight is 215 g/mol. The van der Waals surface area contributed by atoms with Crippen molar-refractivity contribution < 1.29 is 4.43 Å². The van der Waals surface area contributed by atoms with E-state index in [1.165, 1.54) is 0 Å². The Bertz CT molecular complexity index is 182. The van der Waals surface area contributed by atoms with Gasteiger partial charge in [0.05, 0.1) is 6.61 Å². The van der Waals surface area contributed by atoms with E-state index in [1.807, 2.05) is 7.05 Å². The van der Waals surface area contributed by atoms with Crippen LogP contribution in [0.5, 0.6) is 0 Å². The van der Waals surface area contributed by atoms with Gasteiger partial charge in [-0.1, -0.05) is 32.9 Å². The monoisotopic (exact) mass is 215 g/mol. The van der Waals surface area contributed by atoms with Crippen LogP contribution in [0.1, 0.15) is 20.8 Å². The van der Waals surface area contributed by atoms with Crippen LogP contribution in [0.15, 0.2) is 12.2 Å². The molecule has 0 saturated heterocycles. The summed E-state index contributed by atoms with van der Waals surface area (Å²) in [5.74, 6) is 0. The van der Waals surface area contributed by atoms with E-state index in [9.17, 15) is 0 Å². The van der Waals surface area contributed by atoms with Crippen molar-refractivity contribution >= 4 is 8.32 Å². The lowest BCUT2D eigenvalue weighted by Crippen LogP contribution is -2.40. The molecule has 0 bridgehead atoms. The van der Waals surface area contributed by atoms with E-state index < -0.39 is 8.32 Å². The van der Waals surface area contributed by atoms with E-state index in [1.54, 1.807) is 0 Å². The first kappa shape index (κ1) is 13.9. The highest BCUT2D eigenvalue weighted by molar-refractivity contribution is 6.74. The zero-order valence-corrected chi connectivity index (χ0v) is 11.5. The minimum absolute atomic E-state index is 0.309. The molecule has 0 heterocycles. The smallest absolute Gasteiger partial charge is 0.192 e. The molecule has 2 nitrogen and oxygen atoms in total. The molecule has 0 aliphatic heterocycles. The standard InChI is InChI=1S/C11H25NOSi/c1-11(2,3)14(5,6)13-10-8-7-9-12-4/h7-8,12H,9-10H2,1-6H3/b8-7+. The Morgan fingerprint density at radius 3 is 2.21 bits per heavy atom. The van der Waals surface area contributed by atoms with Crippen LogP contribution < -0.4 is 5.32 Å². The molecule has 0 aromatic heterocycles. The summed E-state index contributed by atoms with van der Waals surface area (Å²) in [7, 11) is 0.407. The fourth-order valence-corrected chi connectivity index (χ4v) is 1.69. The fourth-order valence-electron chi connectivity index (χ4n) is 0.742. The van der Waals surface area contributed by atoms with E-state index in [2.05, 4.69) is 51.3 Å². The van der Waals surface area contributed by atoms with Crippen molar-refractivity contribution in [1.29, 1.82) is 0 Å². The first-order valence-corrected chi connectivity index (χ1v) is 8.15. The normalized spacial score (nSPS) is 13.9. The quantitative estimate of drug-likeness (QED) is 0.562. The van der Waals surface area contributed by atoms with Crippen molar-refractivity contribution in [2.45, 2.75) is 38.9 Å². The van der Waals surface area contributed by atoms with Crippen molar-refractivity contribution in [1.82, 2.24) is 5.32 Å². The van der Waals surface area contributed by atoms with Gasteiger partial charge in [0.15, 0.2) is 8.32 Å². The zero-order valence-electron chi connectivity index (χ0n) is 10.5. The minimum Gasteiger partial charge on any atom is -0.413 e. The van der Waals surface area contributed by atoms with Crippen LogP contribution in [-0.4, -0.2) is 28.5 Å². The fraction of sp³-hybridized carbons (Fsp3) is 0.818. The SMILES string of the molecule is CNC/C=C/CO[Si](C)(C)C(C)(C)C. The van der Waals surface area contributed by atoms with Crippen LogP contribution >= 0.6 is 0 Å². The Kier molecular flexibility index (Phi) is 5.63. The molecule has 0 aliphatic carbocycles. The van der Waals surface area contributed by atoms with Crippen molar-refractivity contribution in [2.75, 3.05) is 20.2 Å². The van der Waals surface area contributed by atoms with Gasteiger partial charge in [-0.05, 0) is 25.2 Å². The minimum atomic E-state index is -1.54. The highest BCUT2D eigenvalue weighted by atomic mass is 28.4. The van der Waals surface area contributed by atoms with Crippen molar-refractivity contribution in [3.63, 3.8) is 0 Å². The molecule has 0 spiro atoms. The summed E-state index contributed by atoms with van der Waals surface area (Å²) in [5.41, 5.74) is 0. The molecule has 0 amide bonds. The summed E-state index contributed by atoms with van der Waals surface area (Å²) in [6.45, 7) is 13.0. The van der Waals surface area contributed by atoms with Crippen molar-refractivity contribution in [2.24, 2.45) is 0 Å². The van der Waals surface area contributed by atoms with Gasteiger partial charge in [-0.25, -0.2) is 0 Å². The third-order valence-electron chi connectivity index (χ3n) is 2.84. The van der Waals surface area contributed by atoms with Gasteiger partial charge >= 0.3 is 0 Å². The second-order valence-corrected chi connectivity index (χ2v) is 9.91. The molecule has 0 radical (unpaired) electrons. The number of nitrogens with one attached hydrogen (secondary N) is 1. The summed E-state index contributed by atoms with van der Waals surface area (Å²) in [4.78, 5) is 0. The van der Waals surface area contributed by atoms with E-state index in [0.29, 0.717) is 5.04 Å². The maximum Gasteiger partial charge on any atom is 0.192 e. The van der Waals surface area contributed by atoms with Gasteiger partial charge in [0.2, 0.25) is 0 Å². The molecule has 3 heteroatoms. The lowest BCUT2D eigenvalue weighted by atomic mass is 10.2. The molecule has 0 saturated carbocycles. The maximum absolute atomic E-state index is 5.96. The van der Waals surface area contributed by atoms with Gasteiger partial charge in [0.25, 0.3) is 0 Å². The second-order valence-electron chi connectivity index (χ2n) is 5.10. The number of hydrogen-bond donors (Lipinski definition) is 1. The van der Waals surface area contributed by atoms with Gasteiger partial charge in [0, 0.05) is 6.54 Å². The first-order valence-electron chi connectivity index (χ1n) is 5.25. The van der Waals surface area contributed by atoms with Gasteiger partial charge in [-0.15, -0.1) is 0 Å². The Balaban J connectivity index is 3.89. The maximum atomic E-state index is 5.96. The Morgan fingerprint density at radius 1 is 1.21 bits per heavy atom. The van der Waals surface area contributed by atoms with Gasteiger partial charge in [0.1, 0.15) is 0 Å². The molecule has 0 rings (SSSR count). The van der Waals surface area contributed by atoms with Crippen LogP contribution in [0, 0.1) is 0 Å². The first-order chi connectivity index (χ1) is 6.31. The largest absolute Gasteiger partial charge is 0.413 e. The second kappa shape index (κ2) is 5.68. The Hall–Kier alpha value is -0.123. The Morgan fingerprint density at radius 2 is 1.79 bits per heavy atom. The molecule has 0 atom stereocenters. The third-order valence-corrected chi connectivity index (χ3v) is 7.34. The van der Waals surface area contributed by atoms with Gasteiger partial charge in [-0.3, -0.25) is 0 Å². The van der Waals surface area contributed by atoms with Crippen LogP contribution in [0.4, 0.5) is 0 Å². The van der Waals surface area contributed by atoms with Gasteiger partial charge in [-0.2, -0.15) is 0 Å². The highest BCUT2D eigenvalue weighted by Crippen LogP contribution is 2.36. The topological polar surface area (TPSA) is 21.3 Å². The summed E-state index contributed by atoms with van der Waals surface area (Å²) in [6.07, 6.45) is 4.20. The molecule has 0 fully saturated rings. The third kappa shape index (κ3) is 4.93. The predicted octanol–water partition coefficient (Wildman–Crippen LogP) is 2.78. The molecular formula is C11H25NOSi. The number of hydrogen-bond acceptors (Lipinski definition) is 2. The van der Waals surface area contributed by atoms with Crippen LogP contribution in [-0.2, 0) is 4.43 Å². The lowest BCUT2D eigenvalue weighted by molar-refractivity contribution is 0.328. The summed E-state index contributed by atoms with van der Waals surface area (Å²) >= 11 is 0. The summed E-state index contributed by atoms with van der Waals surface area (Å²) in [5, 5.41) is 3.37. The lowest BCUT2D eigenvalue weighted by Gasteiger charge is -2.35. The van der Waals surface area contributed by atoms with E-state index in [4.69, 9.17) is 4.43 Å². The summed E-state index contributed by atoms with van der Waals surface area (Å²) < 4.78 is 5.96. The number of likely N-dealkylation sites (N-methyl/N-ethyl adjacent to an activating group) is 1. The summed E-state index contributed by atoms with van der Waals surface area (Å²) in [6, 6.07) is 0. The van der Waals surface area contributed by atoms with Crippen molar-refractivity contribution in [3.05, 3.63) is 12.2 Å². The van der Waals surface area contributed by atoms with Crippen LogP contribution in [0.3, 0.4) is 0 Å². The molecule has 14 heavy (non-hydrogen) atoms. The molecule has 0 unspecified atom stereocenters. The zero-order chi connectivity index (χ0) is 11.2. The molecule has 0 aliphatic rings. The van der Waals surface area contributed by atoms with Crippen molar-refractivity contribution in [3.8, 4) is 0 Å². The molecule has 1 N–H and O–H groups in total. The highest BCUT2D eigenvalue weighted by Gasteiger charge is 2.36. The molecular weight excluding hydrogens is 190 g/mol. The molecule has 0 aromatic carbocycles. The molecule has 84 valence electrons. The van der Waals surface area contributed by atoms with E-state index in [-0.39, 0.29) is 0 Å². The van der Waals surface area contributed by atoms with E-state index >= 15 is 0 Å². The average Bonchev–Trinajstić information content (AvgIpc) is 2.02. The van der Waals surface area contributed by atoms with Crippen LogP contribution in [0.25, 0.3) is 0 Å². The van der Waals surface area contributed by atoms with Crippen LogP contribution in [0.2, 0.25) is 18.1 Å². The Labute approximate surface area is 89.9 Å². The van der Waals surface area contributed by atoms with E-state index in [0.717, 1.165) is 13.2 Å². The number of rotatable bonds is 5. The molecule has 0 aromatic rings. The predicted molar refractivity (Wildman–Crippen MR) is 66.2 cm³/mol.